The number of hydrogen-bond donors (Lipinski definition) is 0. The number of aromatic nitrogens is 5. The van der Waals surface area contributed by atoms with Gasteiger partial charge in [0.2, 0.25) is 0 Å². The van der Waals surface area contributed by atoms with Gasteiger partial charge in [0.1, 0.15) is 0 Å². The van der Waals surface area contributed by atoms with Gasteiger partial charge in [0.15, 0.2) is 0 Å². The van der Waals surface area contributed by atoms with Crippen molar-refractivity contribution in [1.29, 1.82) is 0 Å². The number of hydrogen-bond acceptors (Lipinski definition) is 6. The predicted octanol–water partition coefficient (Wildman–Crippen LogP) is 10.5. The molecule has 7 aromatic rings. The minimum absolute atomic E-state index is 0.225. The van der Waals surface area contributed by atoms with Gasteiger partial charge in [-0.25, -0.2) is 9.97 Å². The highest BCUT2D eigenvalue weighted by atomic mass is 14.8. The second-order valence-electron chi connectivity index (χ2n) is 13.2. The Labute approximate surface area is 298 Å². The Balaban J connectivity index is 1.10. The molecule has 51 heavy (non-hydrogen) atoms. The molecular formula is C45H36N6. The van der Waals surface area contributed by atoms with Gasteiger partial charge in [-0.3, -0.25) is 19.9 Å². The Bertz CT molecular complexity index is 2290. The van der Waals surface area contributed by atoms with Crippen LogP contribution in [0.2, 0.25) is 0 Å². The van der Waals surface area contributed by atoms with Crippen molar-refractivity contribution in [1.82, 2.24) is 24.9 Å². The van der Waals surface area contributed by atoms with E-state index < -0.39 is 0 Å². The first kappa shape index (κ1) is 31.8. The highest BCUT2D eigenvalue weighted by molar-refractivity contribution is 5.80. The van der Waals surface area contributed by atoms with E-state index in [2.05, 4.69) is 113 Å². The molecule has 0 radical (unpaired) electrons. The number of benzene rings is 2. The van der Waals surface area contributed by atoms with Crippen molar-refractivity contribution in [2.24, 2.45) is 4.99 Å². The fourth-order valence-electron chi connectivity index (χ4n) is 6.47. The molecule has 1 aliphatic rings. The highest BCUT2D eigenvalue weighted by Crippen LogP contribution is 2.36. The summed E-state index contributed by atoms with van der Waals surface area (Å²) in [6.45, 7) is 4.55. The van der Waals surface area contributed by atoms with Crippen LogP contribution in [-0.4, -0.2) is 31.1 Å². The molecule has 0 amide bonds. The topological polar surface area (TPSA) is 76.8 Å². The molecule has 2 aromatic carbocycles. The lowest BCUT2D eigenvalue weighted by Crippen LogP contribution is -2.18. The van der Waals surface area contributed by atoms with Crippen molar-refractivity contribution in [2.75, 3.05) is 0 Å². The van der Waals surface area contributed by atoms with E-state index in [1.165, 1.54) is 11.1 Å². The largest absolute Gasteiger partial charge is 0.259 e. The monoisotopic (exact) mass is 660 g/mol. The molecule has 6 nitrogen and oxygen atoms in total. The summed E-state index contributed by atoms with van der Waals surface area (Å²) >= 11 is 0. The molecule has 0 unspecified atom stereocenters. The maximum absolute atomic E-state index is 4.96. The van der Waals surface area contributed by atoms with Gasteiger partial charge in [-0.1, -0.05) is 86.7 Å². The standard InChI is InChI=1S/C45H36N6/c1-45(2,35-19-15-31(16-20-35)33-27-41(37-11-3-7-23-46-37)50-42(28-33)38-12-4-8-24-47-38)36-21-17-32(18-22-36)34-29-43(39-13-5-9-25-48-39)51-44(30-34)40-14-6-10-26-49-40/h3-5,7-9,11-30H,6,10H2,1-2H3. The van der Waals surface area contributed by atoms with Crippen molar-refractivity contribution in [3.8, 4) is 56.4 Å². The van der Waals surface area contributed by atoms with Crippen LogP contribution < -0.4 is 0 Å². The molecule has 0 saturated heterocycles. The molecular weight excluding hydrogens is 625 g/mol. The van der Waals surface area contributed by atoms with Crippen LogP contribution in [-0.2, 0) is 5.41 Å². The van der Waals surface area contributed by atoms with E-state index in [9.17, 15) is 0 Å². The summed E-state index contributed by atoms with van der Waals surface area (Å²) in [7, 11) is 0. The Hall–Kier alpha value is -6.40. The van der Waals surface area contributed by atoms with E-state index >= 15 is 0 Å². The van der Waals surface area contributed by atoms with Gasteiger partial charge >= 0.3 is 0 Å². The summed E-state index contributed by atoms with van der Waals surface area (Å²) in [6.07, 6.45) is 11.5. The number of rotatable bonds is 8. The van der Waals surface area contributed by atoms with Gasteiger partial charge < -0.3 is 0 Å². The van der Waals surface area contributed by atoms with Crippen LogP contribution in [0.4, 0.5) is 0 Å². The summed E-state index contributed by atoms with van der Waals surface area (Å²) in [5, 5.41) is 0. The summed E-state index contributed by atoms with van der Waals surface area (Å²) in [5.74, 6) is 0. The molecule has 0 fully saturated rings. The molecule has 6 heterocycles. The molecule has 8 rings (SSSR count). The minimum atomic E-state index is -0.225. The SMILES string of the molecule is CC(C)(c1ccc(-c2cc(C3=CCCC=N3)nc(-c3ccccn3)c2)cc1)c1ccc(-c2cc(-c3ccccn3)nc(-c3ccccn3)c2)cc1. The van der Waals surface area contributed by atoms with Crippen molar-refractivity contribution in [3.05, 3.63) is 169 Å². The van der Waals surface area contributed by atoms with Crippen LogP contribution >= 0.6 is 0 Å². The fraction of sp³-hybridized carbons (Fsp3) is 0.111. The molecule has 0 N–H and O–H groups in total. The van der Waals surface area contributed by atoms with Crippen LogP contribution in [0.1, 0.15) is 43.5 Å². The van der Waals surface area contributed by atoms with Crippen LogP contribution in [0.15, 0.2) is 157 Å². The Morgan fingerprint density at radius 1 is 0.431 bits per heavy atom. The molecule has 6 heteroatoms. The summed E-state index contributed by atoms with van der Waals surface area (Å²) in [6, 6.07) is 43.9. The first-order valence-electron chi connectivity index (χ1n) is 17.2. The lowest BCUT2D eigenvalue weighted by atomic mass is 9.77. The summed E-state index contributed by atoms with van der Waals surface area (Å²) < 4.78 is 0. The number of nitrogens with zero attached hydrogens (tertiary/aromatic N) is 6. The number of pyridine rings is 5. The van der Waals surface area contributed by atoms with Gasteiger partial charge in [-0.2, -0.15) is 0 Å². The molecule has 5 aromatic heterocycles. The quantitative estimate of drug-likeness (QED) is 0.162. The maximum Gasteiger partial charge on any atom is 0.0900 e. The Morgan fingerprint density at radius 2 is 0.863 bits per heavy atom. The van der Waals surface area contributed by atoms with E-state index in [4.69, 9.17) is 9.97 Å². The van der Waals surface area contributed by atoms with E-state index in [-0.39, 0.29) is 5.41 Å². The van der Waals surface area contributed by atoms with Crippen LogP contribution in [0.5, 0.6) is 0 Å². The first-order chi connectivity index (χ1) is 25.0. The molecule has 246 valence electrons. The van der Waals surface area contributed by atoms with E-state index in [1.54, 1.807) is 18.6 Å². The van der Waals surface area contributed by atoms with Crippen molar-refractivity contribution < 1.29 is 0 Å². The second kappa shape index (κ2) is 13.8. The lowest BCUT2D eigenvalue weighted by molar-refractivity contribution is 0.641. The third-order valence-electron chi connectivity index (χ3n) is 9.44. The molecule has 1 aliphatic heterocycles. The summed E-state index contributed by atoms with van der Waals surface area (Å²) in [4.78, 5) is 28.3. The van der Waals surface area contributed by atoms with Crippen molar-refractivity contribution in [2.45, 2.75) is 32.1 Å². The second-order valence-corrected chi connectivity index (χ2v) is 13.2. The number of aliphatic imine (C=N–C) groups is 1. The molecule has 0 aliphatic carbocycles. The molecule has 0 saturated carbocycles. The first-order valence-corrected chi connectivity index (χ1v) is 17.2. The zero-order chi connectivity index (χ0) is 34.6. The molecule has 0 spiro atoms. The lowest BCUT2D eigenvalue weighted by Gasteiger charge is -2.27. The van der Waals surface area contributed by atoms with Gasteiger partial charge in [0, 0.05) is 30.2 Å². The van der Waals surface area contributed by atoms with Gasteiger partial charge in [-0.15, -0.1) is 0 Å². The average Bonchev–Trinajstić information content (AvgIpc) is 3.22. The van der Waals surface area contributed by atoms with E-state index in [1.807, 2.05) is 60.8 Å². The van der Waals surface area contributed by atoms with Gasteiger partial charge in [0.25, 0.3) is 0 Å². The normalized spacial score (nSPS) is 12.8. The molecule has 0 bridgehead atoms. The van der Waals surface area contributed by atoms with Gasteiger partial charge in [0.05, 0.1) is 45.6 Å². The van der Waals surface area contributed by atoms with Crippen molar-refractivity contribution in [3.63, 3.8) is 0 Å². The highest BCUT2D eigenvalue weighted by Gasteiger charge is 2.24. The van der Waals surface area contributed by atoms with Crippen LogP contribution in [0.25, 0.3) is 62.1 Å². The summed E-state index contributed by atoms with van der Waals surface area (Å²) in [5.41, 5.74) is 13.4. The zero-order valence-electron chi connectivity index (χ0n) is 28.6. The third-order valence-corrected chi connectivity index (χ3v) is 9.44. The van der Waals surface area contributed by atoms with E-state index in [0.29, 0.717) is 0 Å². The van der Waals surface area contributed by atoms with Gasteiger partial charge in [-0.05, 0) is 107 Å². The molecule has 0 atom stereocenters. The van der Waals surface area contributed by atoms with Crippen LogP contribution in [0.3, 0.4) is 0 Å². The average molecular weight is 661 g/mol. The Morgan fingerprint density at radius 3 is 1.25 bits per heavy atom. The fourth-order valence-corrected chi connectivity index (χ4v) is 6.47. The maximum atomic E-state index is 4.96. The zero-order valence-corrected chi connectivity index (χ0v) is 28.6. The Kier molecular flexibility index (Phi) is 8.64. The minimum Gasteiger partial charge on any atom is -0.259 e. The smallest absolute Gasteiger partial charge is 0.0900 e. The van der Waals surface area contributed by atoms with Crippen LogP contribution in [0, 0.1) is 0 Å². The number of allylic oxidation sites excluding steroid dienone is 1. The van der Waals surface area contributed by atoms with E-state index in [0.717, 1.165) is 80.6 Å². The predicted molar refractivity (Wildman–Crippen MR) is 207 cm³/mol. The van der Waals surface area contributed by atoms with Crippen molar-refractivity contribution >= 4 is 11.9 Å². The third kappa shape index (κ3) is 6.77.